The highest BCUT2D eigenvalue weighted by molar-refractivity contribution is 9.10. The van der Waals surface area contributed by atoms with E-state index in [4.69, 9.17) is 14.2 Å². The van der Waals surface area contributed by atoms with Gasteiger partial charge in [-0.15, -0.1) is 0 Å². The smallest absolute Gasteiger partial charge is 0.246 e. The number of halogens is 1. The average molecular weight is 419 g/mol. The van der Waals surface area contributed by atoms with Gasteiger partial charge in [-0.2, -0.15) is 0 Å². The molecule has 3 rings (SSSR count). The van der Waals surface area contributed by atoms with Crippen LogP contribution in [0.2, 0.25) is 0 Å². The van der Waals surface area contributed by atoms with E-state index in [2.05, 4.69) is 20.9 Å². The van der Waals surface area contributed by atoms with Crippen LogP contribution in [0.15, 0.2) is 47.1 Å². The number of hydrogen-bond donors (Lipinski definition) is 0. The van der Waals surface area contributed by atoms with Gasteiger partial charge in [-0.1, -0.05) is 6.07 Å². The Hall–Kier alpha value is -2.54. The van der Waals surface area contributed by atoms with Crippen molar-refractivity contribution in [1.29, 1.82) is 0 Å². The number of benzene rings is 1. The highest BCUT2D eigenvalue weighted by Gasteiger charge is 2.31. The number of nitrogens with zero attached hydrogens (tertiary/aromatic N) is 2. The van der Waals surface area contributed by atoms with Gasteiger partial charge in [0.25, 0.3) is 0 Å². The Morgan fingerprint density at radius 3 is 2.69 bits per heavy atom. The van der Waals surface area contributed by atoms with Gasteiger partial charge in [0.05, 0.1) is 31.8 Å². The lowest BCUT2D eigenvalue weighted by atomic mass is 10.1. The van der Waals surface area contributed by atoms with Crippen molar-refractivity contribution in [3.8, 4) is 17.4 Å². The third-order valence-electron chi connectivity index (χ3n) is 3.99. The molecule has 0 bridgehead atoms. The number of aromatic nitrogens is 1. The molecule has 1 fully saturated rings. The largest absolute Gasteiger partial charge is 0.493 e. The van der Waals surface area contributed by atoms with Crippen LogP contribution < -0.4 is 14.2 Å². The summed E-state index contributed by atoms with van der Waals surface area (Å²) in [5.41, 5.74) is 0.863. The van der Waals surface area contributed by atoms with Crippen molar-refractivity contribution < 1.29 is 19.0 Å². The lowest BCUT2D eigenvalue weighted by molar-refractivity contribution is -0.134. The van der Waals surface area contributed by atoms with Gasteiger partial charge in [0.2, 0.25) is 11.8 Å². The number of carbonyl (C=O) groups excluding carboxylic acids is 1. The van der Waals surface area contributed by atoms with E-state index >= 15 is 0 Å². The maximum atomic E-state index is 12.2. The van der Waals surface area contributed by atoms with E-state index < -0.39 is 0 Å². The minimum absolute atomic E-state index is 0.0420. The molecule has 0 spiro atoms. The van der Waals surface area contributed by atoms with E-state index in [9.17, 15) is 4.79 Å². The summed E-state index contributed by atoms with van der Waals surface area (Å²) in [5.74, 6) is 1.77. The second kappa shape index (κ2) is 8.23. The fourth-order valence-electron chi connectivity index (χ4n) is 2.54. The van der Waals surface area contributed by atoms with Gasteiger partial charge in [0, 0.05) is 12.3 Å². The van der Waals surface area contributed by atoms with Gasteiger partial charge in [0.1, 0.15) is 6.10 Å². The molecule has 0 radical (unpaired) electrons. The molecule has 0 atom stereocenters. The van der Waals surface area contributed by atoms with Crippen LogP contribution in [0.25, 0.3) is 6.08 Å². The number of pyridine rings is 1. The number of hydrogen-bond acceptors (Lipinski definition) is 5. The summed E-state index contributed by atoms with van der Waals surface area (Å²) in [6.45, 7) is 1.08. The van der Waals surface area contributed by atoms with Crippen LogP contribution in [0.3, 0.4) is 0 Å². The van der Waals surface area contributed by atoms with Crippen LogP contribution >= 0.6 is 15.9 Å². The summed E-state index contributed by atoms with van der Waals surface area (Å²) in [7, 11) is 3.17. The van der Waals surface area contributed by atoms with Crippen molar-refractivity contribution in [2.45, 2.75) is 6.10 Å². The molecule has 7 heteroatoms. The molecule has 1 aromatic heterocycles. The molecule has 1 aromatic carbocycles. The van der Waals surface area contributed by atoms with Crippen molar-refractivity contribution in [2.24, 2.45) is 0 Å². The van der Waals surface area contributed by atoms with Gasteiger partial charge in [0.15, 0.2) is 11.5 Å². The lowest BCUT2D eigenvalue weighted by Gasteiger charge is -2.38. The molecule has 1 aliphatic heterocycles. The summed E-state index contributed by atoms with van der Waals surface area (Å²) >= 11 is 3.40. The van der Waals surface area contributed by atoms with Gasteiger partial charge >= 0.3 is 0 Å². The lowest BCUT2D eigenvalue weighted by Crippen LogP contribution is -2.55. The van der Waals surface area contributed by atoms with Gasteiger partial charge in [-0.05, 0) is 51.8 Å². The zero-order chi connectivity index (χ0) is 18.5. The SMILES string of the molecule is COc1ccc(/C=C/C(=O)N2CC(Oc3ncccc3Br)C2)cc1OC. The molecule has 1 aliphatic rings. The Balaban J connectivity index is 1.54. The molecule has 0 unspecified atom stereocenters. The Morgan fingerprint density at radius 2 is 2.00 bits per heavy atom. The summed E-state index contributed by atoms with van der Waals surface area (Å²) in [6.07, 6.45) is 4.94. The summed E-state index contributed by atoms with van der Waals surface area (Å²) in [5, 5.41) is 0. The van der Waals surface area contributed by atoms with E-state index in [1.165, 1.54) is 0 Å². The molecule has 0 N–H and O–H groups in total. The Morgan fingerprint density at radius 1 is 1.23 bits per heavy atom. The second-order valence-corrected chi connectivity index (χ2v) is 6.58. The Bertz CT molecular complexity index is 819. The van der Waals surface area contributed by atoms with Crippen LogP contribution in [0.5, 0.6) is 17.4 Å². The first-order chi connectivity index (χ1) is 12.6. The quantitative estimate of drug-likeness (QED) is 0.674. The third kappa shape index (κ3) is 4.16. The van der Waals surface area contributed by atoms with E-state index in [1.54, 1.807) is 43.5 Å². The maximum absolute atomic E-state index is 12.2. The van der Waals surface area contributed by atoms with Crippen molar-refractivity contribution in [3.05, 3.63) is 52.6 Å². The first kappa shape index (κ1) is 18.3. The fourth-order valence-corrected chi connectivity index (χ4v) is 2.89. The van der Waals surface area contributed by atoms with Gasteiger partial charge in [-0.3, -0.25) is 4.79 Å². The predicted molar refractivity (Wildman–Crippen MR) is 102 cm³/mol. The number of rotatable bonds is 6. The minimum Gasteiger partial charge on any atom is -0.493 e. The van der Waals surface area contributed by atoms with Crippen LogP contribution in [0.1, 0.15) is 5.56 Å². The molecule has 136 valence electrons. The normalized spacial score (nSPS) is 14.2. The number of ether oxygens (including phenoxy) is 3. The molecule has 1 amide bonds. The fraction of sp³-hybridized carbons (Fsp3) is 0.263. The zero-order valence-electron chi connectivity index (χ0n) is 14.5. The monoisotopic (exact) mass is 418 g/mol. The summed E-state index contributed by atoms with van der Waals surface area (Å²) < 4.78 is 17.0. The number of methoxy groups -OCH3 is 2. The number of amides is 1. The van der Waals surface area contributed by atoms with Gasteiger partial charge < -0.3 is 19.1 Å². The predicted octanol–water partition coefficient (Wildman–Crippen LogP) is 3.16. The highest BCUT2D eigenvalue weighted by atomic mass is 79.9. The van der Waals surface area contributed by atoms with Crippen molar-refractivity contribution in [3.63, 3.8) is 0 Å². The zero-order valence-corrected chi connectivity index (χ0v) is 16.1. The minimum atomic E-state index is -0.0558. The van der Waals surface area contributed by atoms with E-state index in [1.807, 2.05) is 24.3 Å². The van der Waals surface area contributed by atoms with Crippen LogP contribution in [-0.4, -0.2) is 49.2 Å². The first-order valence-electron chi connectivity index (χ1n) is 8.07. The summed E-state index contributed by atoms with van der Waals surface area (Å²) in [4.78, 5) is 18.1. The van der Waals surface area contributed by atoms with Crippen molar-refractivity contribution >= 4 is 27.9 Å². The van der Waals surface area contributed by atoms with Crippen LogP contribution in [-0.2, 0) is 4.79 Å². The highest BCUT2D eigenvalue weighted by Crippen LogP contribution is 2.28. The number of carbonyl (C=O) groups is 1. The van der Waals surface area contributed by atoms with Gasteiger partial charge in [-0.25, -0.2) is 4.98 Å². The second-order valence-electron chi connectivity index (χ2n) is 5.72. The standard InChI is InChI=1S/C19H19BrN2O4/c1-24-16-7-5-13(10-17(16)25-2)6-8-18(23)22-11-14(12-22)26-19-15(20)4-3-9-21-19/h3-10,14H,11-12H2,1-2H3/b8-6+. The van der Waals surface area contributed by atoms with Crippen LogP contribution in [0.4, 0.5) is 0 Å². The molecule has 0 aliphatic carbocycles. The average Bonchev–Trinajstić information content (AvgIpc) is 2.63. The number of likely N-dealkylation sites (tertiary alicyclic amines) is 1. The Kier molecular flexibility index (Phi) is 5.78. The molecule has 2 heterocycles. The molecular weight excluding hydrogens is 400 g/mol. The van der Waals surface area contributed by atoms with E-state index in [0.29, 0.717) is 30.5 Å². The molecule has 26 heavy (non-hydrogen) atoms. The first-order valence-corrected chi connectivity index (χ1v) is 8.86. The van der Waals surface area contributed by atoms with Crippen molar-refractivity contribution in [1.82, 2.24) is 9.88 Å². The third-order valence-corrected chi connectivity index (χ3v) is 4.59. The van der Waals surface area contributed by atoms with Crippen molar-refractivity contribution in [2.75, 3.05) is 27.3 Å². The molecule has 1 saturated heterocycles. The molecule has 2 aromatic rings. The van der Waals surface area contributed by atoms with E-state index in [0.717, 1.165) is 10.0 Å². The molecule has 0 saturated carbocycles. The topological polar surface area (TPSA) is 60.9 Å². The van der Waals surface area contributed by atoms with Crippen LogP contribution in [0, 0.1) is 0 Å². The van der Waals surface area contributed by atoms with E-state index in [-0.39, 0.29) is 12.0 Å². The molecular formula is C19H19BrN2O4. The maximum Gasteiger partial charge on any atom is 0.246 e. The summed E-state index contributed by atoms with van der Waals surface area (Å²) in [6, 6.07) is 9.19. The Labute approximate surface area is 160 Å². The molecule has 6 nitrogen and oxygen atoms in total.